The third-order valence-corrected chi connectivity index (χ3v) is 5.38. The Balaban J connectivity index is 1.28. The molecule has 1 aromatic carbocycles. The highest BCUT2D eigenvalue weighted by molar-refractivity contribution is 5.99. The first-order valence-electron chi connectivity index (χ1n) is 8.98. The lowest BCUT2D eigenvalue weighted by molar-refractivity contribution is -0.187. The minimum atomic E-state index is -0.493. The number of anilines is 1. The van der Waals surface area contributed by atoms with Crippen molar-refractivity contribution in [3.8, 4) is 6.07 Å². The molecule has 0 bridgehead atoms. The smallest absolute Gasteiger partial charge is 0.228 e. The number of piperidine rings is 1. The van der Waals surface area contributed by atoms with Gasteiger partial charge >= 0.3 is 0 Å². The highest BCUT2D eigenvalue weighted by Crippen LogP contribution is 2.42. The molecule has 7 nitrogen and oxygen atoms in total. The molecule has 1 aliphatic carbocycles. The molecule has 0 radical (unpaired) electrons. The number of nitrogens with zero attached hydrogens (tertiary/aromatic N) is 2. The van der Waals surface area contributed by atoms with Crippen molar-refractivity contribution in [1.82, 2.24) is 4.90 Å². The number of carbonyl (C=O) groups excluding carboxylic acids is 2. The van der Waals surface area contributed by atoms with Crippen LogP contribution in [0.2, 0.25) is 0 Å². The monoisotopic (exact) mass is 355 g/mol. The van der Waals surface area contributed by atoms with E-state index < -0.39 is 5.79 Å². The van der Waals surface area contributed by atoms with Crippen molar-refractivity contribution in [1.29, 1.82) is 5.26 Å². The quantitative estimate of drug-likeness (QED) is 0.887. The van der Waals surface area contributed by atoms with Crippen molar-refractivity contribution < 1.29 is 19.1 Å². The summed E-state index contributed by atoms with van der Waals surface area (Å²) in [7, 11) is 0. The molecule has 26 heavy (non-hydrogen) atoms. The van der Waals surface area contributed by atoms with Crippen LogP contribution in [0.15, 0.2) is 24.3 Å². The Labute approximate surface area is 151 Å². The summed E-state index contributed by atoms with van der Waals surface area (Å²) in [5.41, 5.74) is 1.18. The fourth-order valence-corrected chi connectivity index (χ4v) is 3.71. The number of rotatable bonds is 3. The summed E-state index contributed by atoms with van der Waals surface area (Å²) in [5.74, 6) is -1.07. The molecule has 2 aliphatic heterocycles. The SMILES string of the molecule is N#Cc1ccc(NC(=O)C2CC2C(=O)N2CCC3(CC2)OCCO3)cc1. The summed E-state index contributed by atoms with van der Waals surface area (Å²) < 4.78 is 11.4. The predicted octanol–water partition coefficient (Wildman–Crippen LogP) is 1.50. The fourth-order valence-electron chi connectivity index (χ4n) is 3.71. The Morgan fingerprint density at radius 3 is 2.38 bits per heavy atom. The average Bonchev–Trinajstić information content (AvgIpc) is 3.36. The third kappa shape index (κ3) is 3.30. The van der Waals surface area contributed by atoms with Gasteiger partial charge in [-0.3, -0.25) is 9.59 Å². The van der Waals surface area contributed by atoms with Crippen LogP contribution < -0.4 is 5.32 Å². The normalized spacial score (nSPS) is 26.3. The summed E-state index contributed by atoms with van der Waals surface area (Å²) >= 11 is 0. The second-order valence-electron chi connectivity index (χ2n) is 7.06. The summed E-state index contributed by atoms with van der Waals surface area (Å²) in [6, 6.07) is 8.74. The molecule has 4 rings (SSSR count). The van der Waals surface area contributed by atoms with Crippen LogP contribution >= 0.6 is 0 Å². The van der Waals surface area contributed by atoms with Crippen LogP contribution in [0.1, 0.15) is 24.8 Å². The summed E-state index contributed by atoms with van der Waals surface area (Å²) in [5, 5.41) is 11.6. The molecule has 1 spiro atoms. The molecule has 3 aliphatic rings. The minimum Gasteiger partial charge on any atom is -0.347 e. The maximum atomic E-state index is 12.6. The van der Waals surface area contributed by atoms with E-state index in [4.69, 9.17) is 14.7 Å². The Hall–Kier alpha value is -2.43. The fraction of sp³-hybridized carbons (Fsp3) is 0.526. The van der Waals surface area contributed by atoms with E-state index in [-0.39, 0.29) is 23.7 Å². The maximum Gasteiger partial charge on any atom is 0.228 e. The van der Waals surface area contributed by atoms with Crippen LogP contribution in [0.25, 0.3) is 0 Å². The number of carbonyl (C=O) groups is 2. The van der Waals surface area contributed by atoms with Crippen LogP contribution in [0.4, 0.5) is 5.69 Å². The van der Waals surface area contributed by atoms with Crippen molar-refractivity contribution in [2.75, 3.05) is 31.6 Å². The van der Waals surface area contributed by atoms with Gasteiger partial charge in [0.05, 0.1) is 36.7 Å². The highest BCUT2D eigenvalue weighted by atomic mass is 16.7. The molecule has 3 fully saturated rings. The van der Waals surface area contributed by atoms with Gasteiger partial charge in [-0.2, -0.15) is 5.26 Å². The lowest BCUT2D eigenvalue weighted by Gasteiger charge is -2.37. The number of likely N-dealkylation sites (tertiary alicyclic amines) is 1. The summed E-state index contributed by atoms with van der Waals surface area (Å²) in [4.78, 5) is 26.8. The number of ether oxygens (including phenoxy) is 2. The zero-order valence-electron chi connectivity index (χ0n) is 14.4. The zero-order valence-corrected chi connectivity index (χ0v) is 14.4. The molecule has 2 amide bonds. The van der Waals surface area contributed by atoms with Crippen molar-refractivity contribution in [2.24, 2.45) is 11.8 Å². The van der Waals surface area contributed by atoms with E-state index in [1.54, 1.807) is 24.3 Å². The average molecular weight is 355 g/mol. The molecule has 1 aromatic rings. The van der Waals surface area contributed by atoms with Gasteiger partial charge in [-0.15, -0.1) is 0 Å². The molecule has 136 valence electrons. The van der Waals surface area contributed by atoms with Crippen LogP contribution in [0.3, 0.4) is 0 Å². The number of amides is 2. The van der Waals surface area contributed by atoms with E-state index in [0.717, 1.165) is 0 Å². The molecular formula is C19H21N3O4. The van der Waals surface area contributed by atoms with E-state index in [2.05, 4.69) is 5.32 Å². The van der Waals surface area contributed by atoms with Gasteiger partial charge in [0, 0.05) is 31.6 Å². The van der Waals surface area contributed by atoms with Gasteiger partial charge < -0.3 is 19.7 Å². The van der Waals surface area contributed by atoms with Crippen molar-refractivity contribution >= 4 is 17.5 Å². The van der Waals surface area contributed by atoms with Crippen molar-refractivity contribution in [3.05, 3.63) is 29.8 Å². The molecule has 7 heteroatoms. The van der Waals surface area contributed by atoms with Gasteiger partial charge in [0.1, 0.15) is 0 Å². The topological polar surface area (TPSA) is 91.7 Å². The first-order valence-corrected chi connectivity index (χ1v) is 8.98. The lowest BCUT2D eigenvalue weighted by atomic mass is 10.0. The third-order valence-electron chi connectivity index (χ3n) is 5.38. The number of hydrogen-bond donors (Lipinski definition) is 1. The minimum absolute atomic E-state index is 0.0535. The molecule has 2 atom stereocenters. The molecule has 1 N–H and O–H groups in total. The lowest BCUT2D eigenvalue weighted by Crippen LogP contribution is -2.48. The van der Waals surface area contributed by atoms with Crippen LogP contribution in [-0.4, -0.2) is 48.8 Å². The van der Waals surface area contributed by atoms with Gasteiger partial charge in [0.2, 0.25) is 11.8 Å². The van der Waals surface area contributed by atoms with Crippen molar-refractivity contribution in [2.45, 2.75) is 25.0 Å². The Bertz CT molecular complexity index is 739. The van der Waals surface area contributed by atoms with Crippen LogP contribution in [-0.2, 0) is 19.1 Å². The highest BCUT2D eigenvalue weighted by Gasteiger charge is 2.51. The Morgan fingerprint density at radius 1 is 1.12 bits per heavy atom. The van der Waals surface area contributed by atoms with Gasteiger partial charge in [0.25, 0.3) is 0 Å². The molecule has 0 aromatic heterocycles. The molecule has 2 heterocycles. The largest absolute Gasteiger partial charge is 0.347 e. The zero-order chi connectivity index (χ0) is 18.1. The molecule has 2 saturated heterocycles. The van der Waals surface area contributed by atoms with E-state index >= 15 is 0 Å². The van der Waals surface area contributed by atoms with E-state index in [1.165, 1.54) is 0 Å². The van der Waals surface area contributed by atoms with Crippen LogP contribution in [0, 0.1) is 23.2 Å². The first kappa shape index (κ1) is 17.0. The Morgan fingerprint density at radius 2 is 1.77 bits per heavy atom. The predicted molar refractivity (Wildman–Crippen MR) is 91.8 cm³/mol. The molecule has 1 saturated carbocycles. The second kappa shape index (κ2) is 6.71. The summed E-state index contributed by atoms with van der Waals surface area (Å²) in [6.07, 6.45) is 1.97. The standard InChI is InChI=1S/C19H21N3O4/c20-12-13-1-3-14(4-2-13)21-17(23)15-11-16(15)18(24)22-7-5-19(6-8-22)25-9-10-26-19/h1-4,15-16H,5-11H2,(H,21,23). The number of nitriles is 1. The number of nitrogens with one attached hydrogen (secondary N) is 1. The van der Waals surface area contributed by atoms with Gasteiger partial charge in [-0.1, -0.05) is 0 Å². The molecular weight excluding hydrogens is 334 g/mol. The van der Waals surface area contributed by atoms with Gasteiger partial charge in [0.15, 0.2) is 5.79 Å². The maximum absolute atomic E-state index is 12.6. The van der Waals surface area contributed by atoms with Gasteiger partial charge in [-0.05, 0) is 30.7 Å². The molecule has 2 unspecified atom stereocenters. The number of benzene rings is 1. The second-order valence-corrected chi connectivity index (χ2v) is 7.06. The van der Waals surface area contributed by atoms with E-state index in [9.17, 15) is 9.59 Å². The first-order chi connectivity index (χ1) is 12.6. The van der Waals surface area contributed by atoms with Crippen molar-refractivity contribution in [3.63, 3.8) is 0 Å². The van der Waals surface area contributed by atoms with Crippen LogP contribution in [0.5, 0.6) is 0 Å². The van der Waals surface area contributed by atoms with E-state index in [1.807, 2.05) is 11.0 Å². The summed E-state index contributed by atoms with van der Waals surface area (Å²) in [6.45, 7) is 2.46. The number of hydrogen-bond acceptors (Lipinski definition) is 5. The van der Waals surface area contributed by atoms with Gasteiger partial charge in [-0.25, -0.2) is 0 Å². The van der Waals surface area contributed by atoms with E-state index in [0.29, 0.717) is 56.8 Å². The Kier molecular flexibility index (Phi) is 4.39.